The van der Waals surface area contributed by atoms with Crippen molar-refractivity contribution >= 4 is 18.4 Å². The summed E-state index contributed by atoms with van der Waals surface area (Å²) < 4.78 is 18.3. The SMILES string of the molecule is C=C1OB(c2ccc(-n3ccc(NC)n3)cc2OC)OC1=C.[HH]. The third-order valence-electron chi connectivity index (χ3n) is 3.39. The Morgan fingerprint density at radius 1 is 1.27 bits per heavy atom. The van der Waals surface area contributed by atoms with E-state index in [0.717, 1.165) is 17.0 Å². The van der Waals surface area contributed by atoms with Gasteiger partial charge in [0, 0.05) is 26.8 Å². The van der Waals surface area contributed by atoms with E-state index >= 15 is 0 Å². The van der Waals surface area contributed by atoms with Crippen molar-refractivity contribution in [3.8, 4) is 11.4 Å². The maximum atomic E-state index is 5.54. The van der Waals surface area contributed by atoms with Crippen LogP contribution in [0.4, 0.5) is 5.82 Å². The first-order valence-electron chi connectivity index (χ1n) is 6.75. The zero-order chi connectivity index (χ0) is 15.7. The van der Waals surface area contributed by atoms with Crippen LogP contribution in [0.25, 0.3) is 5.69 Å². The number of aromatic nitrogens is 2. The summed E-state index contributed by atoms with van der Waals surface area (Å²) in [5.41, 5.74) is 1.64. The van der Waals surface area contributed by atoms with Crippen LogP contribution in [-0.2, 0) is 9.31 Å². The lowest BCUT2D eigenvalue weighted by Crippen LogP contribution is -2.32. The fourth-order valence-electron chi connectivity index (χ4n) is 2.18. The van der Waals surface area contributed by atoms with Gasteiger partial charge in [-0.25, -0.2) is 4.68 Å². The van der Waals surface area contributed by atoms with Crippen molar-refractivity contribution in [3.05, 3.63) is 55.1 Å². The molecule has 0 unspecified atom stereocenters. The topological polar surface area (TPSA) is 57.5 Å². The second-order valence-electron chi connectivity index (χ2n) is 4.74. The standard InChI is InChI=1S/C15H16BN3O3.H2/c1-10-11(2)22-16(21-10)13-6-5-12(9-14(13)20-4)19-8-7-15(17-3)18-19;/h5-9H,1-2H2,3-4H3,(H,17,18);1H. The van der Waals surface area contributed by atoms with Crippen LogP contribution in [0.15, 0.2) is 55.1 Å². The molecule has 0 radical (unpaired) electrons. The summed E-state index contributed by atoms with van der Waals surface area (Å²) in [5.74, 6) is 2.30. The van der Waals surface area contributed by atoms with E-state index in [-0.39, 0.29) is 1.43 Å². The van der Waals surface area contributed by atoms with E-state index in [1.807, 2.05) is 37.5 Å². The number of hydrogen-bond donors (Lipinski definition) is 1. The van der Waals surface area contributed by atoms with Gasteiger partial charge in [0.05, 0.1) is 18.3 Å². The van der Waals surface area contributed by atoms with Crippen LogP contribution in [-0.4, -0.2) is 31.1 Å². The van der Waals surface area contributed by atoms with E-state index in [1.165, 1.54) is 0 Å². The molecule has 3 rings (SSSR count). The highest BCUT2D eigenvalue weighted by atomic mass is 16.6. The summed E-state index contributed by atoms with van der Waals surface area (Å²) in [7, 11) is 2.84. The first kappa shape index (κ1) is 14.1. The van der Waals surface area contributed by atoms with Crippen molar-refractivity contribution < 1.29 is 15.5 Å². The maximum Gasteiger partial charge on any atom is 0.636 e. The van der Waals surface area contributed by atoms with Crippen LogP contribution in [0.2, 0.25) is 0 Å². The van der Waals surface area contributed by atoms with Gasteiger partial charge in [-0.3, -0.25) is 0 Å². The maximum absolute atomic E-state index is 5.54. The Morgan fingerprint density at radius 2 is 2.00 bits per heavy atom. The Morgan fingerprint density at radius 3 is 2.59 bits per heavy atom. The Bertz CT molecular complexity index is 731. The molecule has 22 heavy (non-hydrogen) atoms. The van der Waals surface area contributed by atoms with Crippen LogP contribution < -0.4 is 15.5 Å². The van der Waals surface area contributed by atoms with Crippen molar-refractivity contribution in [2.24, 2.45) is 0 Å². The van der Waals surface area contributed by atoms with Crippen LogP contribution >= 0.6 is 0 Å². The van der Waals surface area contributed by atoms with Gasteiger partial charge in [-0.1, -0.05) is 19.2 Å². The van der Waals surface area contributed by atoms with Crippen LogP contribution in [0.5, 0.6) is 5.75 Å². The Kier molecular flexibility index (Phi) is 3.54. The zero-order valence-corrected chi connectivity index (χ0v) is 12.5. The number of ether oxygens (including phenoxy) is 1. The molecule has 0 bridgehead atoms. The number of hydrogen-bond acceptors (Lipinski definition) is 5. The Balaban J connectivity index is 0.00000192. The molecule has 2 aromatic rings. The third-order valence-corrected chi connectivity index (χ3v) is 3.39. The van der Waals surface area contributed by atoms with E-state index in [0.29, 0.717) is 17.3 Å². The molecule has 0 atom stereocenters. The molecule has 1 N–H and O–H groups in total. The summed E-state index contributed by atoms with van der Waals surface area (Å²) in [6.45, 7) is 7.47. The fourth-order valence-corrected chi connectivity index (χ4v) is 2.18. The minimum Gasteiger partial charge on any atom is -0.520 e. The molecular weight excluding hydrogens is 281 g/mol. The molecular formula is C15H18BN3O3. The molecule has 2 heterocycles. The van der Waals surface area contributed by atoms with Crippen molar-refractivity contribution in [1.82, 2.24) is 9.78 Å². The first-order valence-corrected chi connectivity index (χ1v) is 6.75. The average Bonchev–Trinajstić information content (AvgIpc) is 3.14. The van der Waals surface area contributed by atoms with Crippen molar-refractivity contribution in [1.29, 1.82) is 0 Å². The molecule has 1 fully saturated rings. The zero-order valence-electron chi connectivity index (χ0n) is 12.5. The number of nitrogens with one attached hydrogen (secondary N) is 1. The van der Waals surface area contributed by atoms with Gasteiger partial charge in [-0.2, -0.15) is 5.10 Å². The summed E-state index contributed by atoms with van der Waals surface area (Å²) in [5, 5.41) is 7.37. The number of anilines is 1. The molecule has 1 aromatic carbocycles. The van der Waals surface area contributed by atoms with E-state index in [1.54, 1.807) is 11.8 Å². The number of benzene rings is 1. The van der Waals surface area contributed by atoms with Gasteiger partial charge in [0.25, 0.3) is 0 Å². The Labute approximate surface area is 130 Å². The molecule has 1 saturated heterocycles. The van der Waals surface area contributed by atoms with Crippen molar-refractivity contribution in [2.75, 3.05) is 19.5 Å². The van der Waals surface area contributed by atoms with E-state index in [2.05, 4.69) is 23.6 Å². The average molecular weight is 299 g/mol. The minimum atomic E-state index is -0.588. The smallest absolute Gasteiger partial charge is 0.520 e. The fraction of sp³-hybridized carbons (Fsp3) is 0.133. The van der Waals surface area contributed by atoms with Gasteiger partial charge in [0.1, 0.15) is 23.1 Å². The second kappa shape index (κ2) is 5.52. The lowest BCUT2D eigenvalue weighted by atomic mass is 9.78. The number of rotatable bonds is 4. The summed E-state index contributed by atoms with van der Waals surface area (Å²) in [6.07, 6.45) is 1.87. The van der Waals surface area contributed by atoms with Gasteiger partial charge >= 0.3 is 7.12 Å². The molecule has 1 aromatic heterocycles. The van der Waals surface area contributed by atoms with Gasteiger partial charge < -0.3 is 19.4 Å². The molecule has 7 heteroatoms. The Hall–Kier alpha value is -2.83. The molecule has 114 valence electrons. The van der Waals surface area contributed by atoms with Crippen LogP contribution in [0.1, 0.15) is 1.43 Å². The van der Waals surface area contributed by atoms with Gasteiger partial charge in [-0.05, 0) is 6.07 Å². The van der Waals surface area contributed by atoms with Crippen LogP contribution in [0.3, 0.4) is 0 Å². The summed E-state index contributed by atoms with van der Waals surface area (Å²) >= 11 is 0. The molecule has 0 amide bonds. The van der Waals surface area contributed by atoms with Crippen molar-refractivity contribution in [3.63, 3.8) is 0 Å². The van der Waals surface area contributed by atoms with E-state index in [9.17, 15) is 0 Å². The molecule has 0 saturated carbocycles. The molecule has 0 aliphatic carbocycles. The number of methoxy groups -OCH3 is 1. The van der Waals surface area contributed by atoms with E-state index in [4.69, 9.17) is 14.0 Å². The summed E-state index contributed by atoms with van der Waals surface area (Å²) in [6, 6.07) is 7.56. The predicted octanol–water partition coefficient (Wildman–Crippen LogP) is 1.94. The lowest BCUT2D eigenvalue weighted by Gasteiger charge is -2.11. The predicted molar refractivity (Wildman–Crippen MR) is 87.6 cm³/mol. The first-order chi connectivity index (χ1) is 10.6. The molecule has 1 aliphatic heterocycles. The van der Waals surface area contributed by atoms with Gasteiger partial charge in [-0.15, -0.1) is 0 Å². The highest BCUT2D eigenvalue weighted by Gasteiger charge is 2.37. The van der Waals surface area contributed by atoms with Crippen LogP contribution in [0, 0.1) is 0 Å². The molecule has 6 nitrogen and oxygen atoms in total. The van der Waals surface area contributed by atoms with Crippen molar-refractivity contribution in [2.45, 2.75) is 0 Å². The second-order valence-corrected chi connectivity index (χ2v) is 4.74. The third kappa shape index (κ3) is 2.41. The molecule has 1 aliphatic rings. The van der Waals surface area contributed by atoms with Gasteiger partial charge in [0.2, 0.25) is 0 Å². The quantitative estimate of drug-likeness (QED) is 0.874. The normalized spacial score (nSPS) is 13.8. The highest BCUT2D eigenvalue weighted by Crippen LogP contribution is 2.24. The molecule has 0 spiro atoms. The lowest BCUT2D eigenvalue weighted by molar-refractivity contribution is 0.405. The summed E-state index contributed by atoms with van der Waals surface area (Å²) in [4.78, 5) is 0. The highest BCUT2D eigenvalue weighted by molar-refractivity contribution is 6.63. The van der Waals surface area contributed by atoms with E-state index < -0.39 is 7.12 Å². The van der Waals surface area contributed by atoms with Gasteiger partial charge in [0.15, 0.2) is 0 Å². The minimum absolute atomic E-state index is 0. The largest absolute Gasteiger partial charge is 0.636 e. The number of nitrogens with zero attached hydrogens (tertiary/aromatic N) is 2. The monoisotopic (exact) mass is 299 g/mol.